The van der Waals surface area contributed by atoms with E-state index in [1.807, 2.05) is 77.4 Å². The number of para-hydroxylation sites is 2. The van der Waals surface area contributed by atoms with E-state index in [0.717, 1.165) is 28.4 Å². The summed E-state index contributed by atoms with van der Waals surface area (Å²) in [5.74, 6) is 1.69. The van der Waals surface area contributed by atoms with Crippen LogP contribution in [-0.4, -0.2) is 33.5 Å². The molecule has 1 N–H and O–H groups in total. The lowest BCUT2D eigenvalue weighted by atomic mass is 10.1. The molecule has 0 unspecified atom stereocenters. The van der Waals surface area contributed by atoms with Gasteiger partial charge < -0.3 is 10.1 Å². The Balaban J connectivity index is 1.54. The molecule has 7 heteroatoms. The predicted molar refractivity (Wildman–Crippen MR) is 126 cm³/mol. The first-order valence-electron chi connectivity index (χ1n) is 10.3. The third-order valence-corrected chi connectivity index (χ3v) is 5.83. The molecule has 0 aliphatic heterocycles. The summed E-state index contributed by atoms with van der Waals surface area (Å²) >= 11 is 1.36. The Bertz CT molecular complexity index is 1160. The van der Waals surface area contributed by atoms with Crippen molar-refractivity contribution in [1.29, 1.82) is 0 Å². The molecule has 0 spiro atoms. The van der Waals surface area contributed by atoms with E-state index < -0.39 is 0 Å². The number of nitrogens with zero attached hydrogens (tertiary/aromatic N) is 3. The maximum Gasteiger partial charge on any atom is 0.230 e. The van der Waals surface area contributed by atoms with Crippen LogP contribution in [0, 0.1) is 0 Å². The second kappa shape index (κ2) is 10.6. The highest BCUT2D eigenvalue weighted by molar-refractivity contribution is 7.99. The van der Waals surface area contributed by atoms with Crippen LogP contribution < -0.4 is 10.1 Å². The monoisotopic (exact) mass is 444 g/mol. The number of amides is 1. The van der Waals surface area contributed by atoms with Crippen LogP contribution in [-0.2, 0) is 17.8 Å². The lowest BCUT2D eigenvalue weighted by Gasteiger charge is -2.14. The van der Waals surface area contributed by atoms with E-state index in [2.05, 4.69) is 27.6 Å². The molecule has 0 atom stereocenters. The van der Waals surface area contributed by atoms with Gasteiger partial charge in [0.15, 0.2) is 5.16 Å². The average molecular weight is 445 g/mol. The Hall–Kier alpha value is -3.58. The maximum atomic E-state index is 12.4. The Morgan fingerprint density at radius 3 is 2.28 bits per heavy atom. The molecule has 0 bridgehead atoms. The highest BCUT2D eigenvalue weighted by Gasteiger charge is 2.18. The largest absolute Gasteiger partial charge is 0.495 e. The van der Waals surface area contributed by atoms with Crippen LogP contribution in [0.4, 0.5) is 0 Å². The zero-order valence-electron chi connectivity index (χ0n) is 17.8. The van der Waals surface area contributed by atoms with Gasteiger partial charge in [0, 0.05) is 13.0 Å². The topological polar surface area (TPSA) is 69.0 Å². The van der Waals surface area contributed by atoms with E-state index in [-0.39, 0.29) is 11.7 Å². The second-order valence-corrected chi connectivity index (χ2v) is 8.06. The molecule has 0 saturated carbocycles. The first-order chi connectivity index (χ1) is 15.7. The Morgan fingerprint density at radius 1 is 0.906 bits per heavy atom. The summed E-state index contributed by atoms with van der Waals surface area (Å²) in [4.78, 5) is 12.4. The van der Waals surface area contributed by atoms with Crippen molar-refractivity contribution in [2.24, 2.45) is 0 Å². The van der Waals surface area contributed by atoms with Gasteiger partial charge >= 0.3 is 0 Å². The molecule has 3 aromatic carbocycles. The number of methoxy groups -OCH3 is 1. The van der Waals surface area contributed by atoms with Gasteiger partial charge in [-0.2, -0.15) is 0 Å². The highest BCUT2D eigenvalue weighted by atomic mass is 32.2. The number of hydrogen-bond acceptors (Lipinski definition) is 5. The number of carbonyl (C=O) groups excluding carboxylic acids is 1. The van der Waals surface area contributed by atoms with Gasteiger partial charge in [-0.1, -0.05) is 84.6 Å². The van der Waals surface area contributed by atoms with Gasteiger partial charge in [-0.3, -0.25) is 9.36 Å². The Kier molecular flexibility index (Phi) is 7.19. The molecule has 0 aliphatic carbocycles. The van der Waals surface area contributed by atoms with Gasteiger partial charge in [-0.05, 0) is 23.3 Å². The summed E-state index contributed by atoms with van der Waals surface area (Å²) < 4.78 is 7.55. The average Bonchev–Trinajstić information content (AvgIpc) is 3.24. The van der Waals surface area contributed by atoms with E-state index in [1.54, 1.807) is 7.11 Å². The number of aromatic nitrogens is 3. The fraction of sp³-hybridized carbons (Fsp3) is 0.160. The number of carbonyl (C=O) groups is 1. The van der Waals surface area contributed by atoms with Crippen molar-refractivity contribution in [2.45, 2.75) is 18.1 Å². The zero-order chi connectivity index (χ0) is 22.2. The molecule has 0 fully saturated rings. The Morgan fingerprint density at radius 2 is 1.56 bits per heavy atom. The summed E-state index contributed by atoms with van der Waals surface area (Å²) in [6.07, 6.45) is 0.618. The van der Waals surface area contributed by atoms with Crippen molar-refractivity contribution in [2.75, 3.05) is 12.9 Å². The molecule has 0 aliphatic rings. The quantitative estimate of drug-likeness (QED) is 0.390. The lowest BCUT2D eigenvalue weighted by Crippen LogP contribution is -2.24. The summed E-state index contributed by atoms with van der Waals surface area (Å²) in [7, 11) is 1.64. The fourth-order valence-corrected chi connectivity index (χ4v) is 4.11. The van der Waals surface area contributed by atoms with Crippen LogP contribution in [0.25, 0.3) is 5.69 Å². The van der Waals surface area contributed by atoms with Crippen molar-refractivity contribution < 1.29 is 9.53 Å². The molecule has 162 valence electrons. The first kappa shape index (κ1) is 21.6. The SMILES string of the molecule is COc1ccccc1-n1c(Cc2ccccc2)nnc1SCC(=O)NCc1ccccc1. The maximum absolute atomic E-state index is 12.4. The van der Waals surface area contributed by atoms with E-state index >= 15 is 0 Å². The number of benzene rings is 3. The summed E-state index contributed by atoms with van der Waals surface area (Å²) in [6, 6.07) is 27.7. The van der Waals surface area contributed by atoms with Crippen LogP contribution in [0.2, 0.25) is 0 Å². The molecule has 0 saturated heterocycles. The molecule has 4 aromatic rings. The van der Waals surface area contributed by atoms with Crippen molar-refractivity contribution in [3.05, 3.63) is 102 Å². The minimum absolute atomic E-state index is 0.0574. The third-order valence-electron chi connectivity index (χ3n) is 4.90. The normalized spacial score (nSPS) is 10.7. The fourth-order valence-electron chi connectivity index (χ4n) is 3.32. The van der Waals surface area contributed by atoms with E-state index in [1.165, 1.54) is 11.8 Å². The van der Waals surface area contributed by atoms with Crippen LogP contribution in [0.15, 0.2) is 90.1 Å². The summed E-state index contributed by atoms with van der Waals surface area (Å²) in [5.41, 5.74) is 3.04. The highest BCUT2D eigenvalue weighted by Crippen LogP contribution is 2.29. The van der Waals surface area contributed by atoms with Crippen molar-refractivity contribution in [3.8, 4) is 11.4 Å². The summed E-state index contributed by atoms with van der Waals surface area (Å²) in [6.45, 7) is 0.499. The molecule has 32 heavy (non-hydrogen) atoms. The van der Waals surface area contributed by atoms with Crippen molar-refractivity contribution in [3.63, 3.8) is 0 Å². The van der Waals surface area contributed by atoms with Crippen LogP contribution in [0.1, 0.15) is 17.0 Å². The zero-order valence-corrected chi connectivity index (χ0v) is 18.6. The number of nitrogens with one attached hydrogen (secondary N) is 1. The second-order valence-electron chi connectivity index (χ2n) is 7.12. The smallest absolute Gasteiger partial charge is 0.230 e. The molecule has 4 rings (SSSR count). The molecule has 1 heterocycles. The van der Waals surface area contributed by atoms with Gasteiger partial charge in [0.05, 0.1) is 18.6 Å². The third kappa shape index (κ3) is 5.36. The van der Waals surface area contributed by atoms with E-state index in [0.29, 0.717) is 18.1 Å². The van der Waals surface area contributed by atoms with E-state index in [4.69, 9.17) is 4.74 Å². The number of thioether (sulfide) groups is 1. The number of hydrogen-bond donors (Lipinski definition) is 1. The molecule has 0 radical (unpaired) electrons. The number of rotatable bonds is 9. The van der Waals surface area contributed by atoms with Gasteiger partial charge in [-0.15, -0.1) is 10.2 Å². The standard InChI is InChI=1S/C25H24N4O2S/c1-31-22-15-9-8-14-21(22)29-23(16-19-10-4-2-5-11-19)27-28-25(29)32-18-24(30)26-17-20-12-6-3-7-13-20/h2-15H,16-18H2,1H3,(H,26,30). The predicted octanol–water partition coefficient (Wildman–Crippen LogP) is 4.28. The molecular formula is C25H24N4O2S. The molecule has 6 nitrogen and oxygen atoms in total. The van der Waals surface area contributed by atoms with Gasteiger partial charge in [0.2, 0.25) is 5.91 Å². The first-order valence-corrected chi connectivity index (χ1v) is 11.3. The minimum atomic E-state index is -0.0574. The summed E-state index contributed by atoms with van der Waals surface area (Å²) in [5, 5.41) is 12.4. The molecule has 1 amide bonds. The van der Waals surface area contributed by atoms with Crippen LogP contribution in [0.5, 0.6) is 5.75 Å². The molecular weight excluding hydrogens is 420 g/mol. The van der Waals surface area contributed by atoms with Crippen LogP contribution in [0.3, 0.4) is 0 Å². The number of ether oxygens (including phenoxy) is 1. The Labute approximate surface area is 191 Å². The van der Waals surface area contributed by atoms with Crippen LogP contribution >= 0.6 is 11.8 Å². The van der Waals surface area contributed by atoms with Crippen molar-refractivity contribution in [1.82, 2.24) is 20.1 Å². The van der Waals surface area contributed by atoms with Gasteiger partial charge in [0.25, 0.3) is 0 Å². The lowest BCUT2D eigenvalue weighted by molar-refractivity contribution is -0.118. The minimum Gasteiger partial charge on any atom is -0.495 e. The van der Waals surface area contributed by atoms with Gasteiger partial charge in [0.1, 0.15) is 11.6 Å². The molecule has 1 aromatic heterocycles. The van der Waals surface area contributed by atoms with Gasteiger partial charge in [-0.25, -0.2) is 0 Å². The van der Waals surface area contributed by atoms with Crippen molar-refractivity contribution >= 4 is 17.7 Å². The van der Waals surface area contributed by atoms with E-state index in [9.17, 15) is 4.79 Å².